The zero-order valence-corrected chi connectivity index (χ0v) is 16.5. The molecule has 3 rings (SSSR count). The van der Waals surface area contributed by atoms with E-state index in [4.69, 9.17) is 0 Å². The standard InChI is InChI=1S/C22H30N4O/c1-17-7-6-8-19(15-17)24-22(27)23-16-21(26-13-4-5-14-26)18-9-11-20(12-10-18)25(2)3/h6-12,15,21H,4-5,13-14,16H2,1-3H3,(H2,23,24,27)/t21-/m1/s1. The van der Waals surface area contributed by atoms with Crippen molar-refractivity contribution in [3.8, 4) is 0 Å². The second-order valence-corrected chi connectivity index (χ2v) is 7.45. The molecule has 1 saturated heterocycles. The molecule has 1 aliphatic rings. The summed E-state index contributed by atoms with van der Waals surface area (Å²) in [6.07, 6.45) is 2.45. The van der Waals surface area contributed by atoms with Gasteiger partial charge in [-0.2, -0.15) is 0 Å². The summed E-state index contributed by atoms with van der Waals surface area (Å²) in [6.45, 7) is 4.78. The fourth-order valence-electron chi connectivity index (χ4n) is 3.59. The SMILES string of the molecule is Cc1cccc(NC(=O)NC[C@H](c2ccc(N(C)C)cc2)N2CCCC2)c1. The molecule has 2 aromatic rings. The fraction of sp³-hybridized carbons (Fsp3) is 0.409. The highest BCUT2D eigenvalue weighted by Crippen LogP contribution is 2.26. The average Bonchev–Trinajstić information content (AvgIpc) is 3.17. The quantitative estimate of drug-likeness (QED) is 0.812. The third-order valence-corrected chi connectivity index (χ3v) is 5.11. The van der Waals surface area contributed by atoms with Gasteiger partial charge in [0, 0.05) is 32.0 Å². The molecule has 0 saturated carbocycles. The Kier molecular flexibility index (Phi) is 6.35. The van der Waals surface area contributed by atoms with Crippen molar-refractivity contribution in [2.75, 3.05) is 43.9 Å². The molecule has 0 aromatic heterocycles. The van der Waals surface area contributed by atoms with E-state index < -0.39 is 0 Å². The Bertz CT molecular complexity index is 751. The van der Waals surface area contributed by atoms with Crippen LogP contribution in [-0.4, -0.2) is 44.7 Å². The molecule has 5 heteroatoms. The maximum Gasteiger partial charge on any atom is 0.319 e. The maximum atomic E-state index is 12.4. The van der Waals surface area contributed by atoms with E-state index in [0.717, 1.165) is 24.3 Å². The molecule has 2 N–H and O–H groups in total. The number of rotatable bonds is 6. The lowest BCUT2D eigenvalue weighted by atomic mass is 10.0. The van der Waals surface area contributed by atoms with Crippen LogP contribution in [0, 0.1) is 6.92 Å². The van der Waals surface area contributed by atoms with Crippen molar-refractivity contribution in [1.29, 1.82) is 0 Å². The van der Waals surface area contributed by atoms with Crippen molar-refractivity contribution >= 4 is 17.4 Å². The van der Waals surface area contributed by atoms with Gasteiger partial charge in [0.1, 0.15) is 0 Å². The maximum absolute atomic E-state index is 12.4. The van der Waals surface area contributed by atoms with Crippen molar-refractivity contribution in [3.05, 3.63) is 59.7 Å². The first-order valence-corrected chi connectivity index (χ1v) is 9.66. The fourth-order valence-corrected chi connectivity index (χ4v) is 3.59. The normalized spacial score (nSPS) is 15.4. The van der Waals surface area contributed by atoms with Crippen LogP contribution in [0.1, 0.15) is 30.0 Å². The first-order chi connectivity index (χ1) is 13.0. The minimum atomic E-state index is -0.158. The van der Waals surface area contributed by atoms with Crippen molar-refractivity contribution in [2.45, 2.75) is 25.8 Å². The summed E-state index contributed by atoms with van der Waals surface area (Å²) < 4.78 is 0. The van der Waals surface area contributed by atoms with Crippen molar-refractivity contribution in [2.24, 2.45) is 0 Å². The molecule has 0 unspecified atom stereocenters. The van der Waals surface area contributed by atoms with Gasteiger partial charge in [-0.05, 0) is 68.2 Å². The predicted octanol–water partition coefficient (Wildman–Crippen LogP) is 4.02. The number of amides is 2. The Hall–Kier alpha value is -2.53. The molecule has 2 aromatic carbocycles. The van der Waals surface area contributed by atoms with E-state index in [1.807, 2.05) is 45.3 Å². The van der Waals surface area contributed by atoms with Crippen LogP contribution in [0.25, 0.3) is 0 Å². The summed E-state index contributed by atoms with van der Waals surface area (Å²) in [5.74, 6) is 0. The highest BCUT2D eigenvalue weighted by Gasteiger charge is 2.24. The molecule has 5 nitrogen and oxygen atoms in total. The minimum absolute atomic E-state index is 0.158. The third kappa shape index (κ3) is 5.23. The molecule has 1 atom stereocenters. The van der Waals surface area contributed by atoms with Crippen LogP contribution in [0.2, 0.25) is 0 Å². The van der Waals surface area contributed by atoms with Gasteiger partial charge < -0.3 is 15.5 Å². The Morgan fingerprint density at radius 2 is 1.81 bits per heavy atom. The van der Waals surface area contributed by atoms with Crippen LogP contribution in [0.15, 0.2) is 48.5 Å². The summed E-state index contributed by atoms with van der Waals surface area (Å²) in [7, 11) is 4.09. The molecular weight excluding hydrogens is 336 g/mol. The highest BCUT2D eigenvalue weighted by atomic mass is 16.2. The summed E-state index contributed by atoms with van der Waals surface area (Å²) in [6, 6.07) is 16.5. The van der Waals surface area contributed by atoms with Crippen LogP contribution in [0.3, 0.4) is 0 Å². The number of carbonyl (C=O) groups is 1. The second kappa shape index (κ2) is 8.91. The van der Waals surface area contributed by atoms with Crippen molar-refractivity contribution in [1.82, 2.24) is 10.2 Å². The van der Waals surface area contributed by atoms with Crippen molar-refractivity contribution < 1.29 is 4.79 Å². The van der Waals surface area contributed by atoms with Gasteiger partial charge >= 0.3 is 6.03 Å². The number of anilines is 2. The number of hydrogen-bond donors (Lipinski definition) is 2. The van der Waals surface area contributed by atoms with E-state index in [0.29, 0.717) is 6.54 Å². The van der Waals surface area contributed by atoms with Crippen LogP contribution in [-0.2, 0) is 0 Å². The van der Waals surface area contributed by atoms with E-state index in [1.165, 1.54) is 24.1 Å². The molecule has 0 spiro atoms. The van der Waals surface area contributed by atoms with Crippen LogP contribution in [0.4, 0.5) is 16.2 Å². The highest BCUT2D eigenvalue weighted by molar-refractivity contribution is 5.89. The molecule has 1 aliphatic heterocycles. The van der Waals surface area contributed by atoms with Gasteiger partial charge in [0.2, 0.25) is 0 Å². The largest absolute Gasteiger partial charge is 0.378 e. The van der Waals surface area contributed by atoms with Gasteiger partial charge in [0.05, 0.1) is 6.04 Å². The molecule has 144 valence electrons. The smallest absolute Gasteiger partial charge is 0.319 e. The van der Waals surface area contributed by atoms with Gasteiger partial charge in [0.25, 0.3) is 0 Å². The molecule has 1 heterocycles. The van der Waals surface area contributed by atoms with Gasteiger partial charge in [-0.15, -0.1) is 0 Å². The number of carbonyl (C=O) groups excluding carboxylic acids is 1. The Morgan fingerprint density at radius 1 is 1.11 bits per heavy atom. The molecule has 0 bridgehead atoms. The lowest BCUT2D eigenvalue weighted by Gasteiger charge is -2.28. The topological polar surface area (TPSA) is 47.6 Å². The van der Waals surface area contributed by atoms with E-state index in [1.54, 1.807) is 0 Å². The molecule has 0 aliphatic carbocycles. The molecule has 27 heavy (non-hydrogen) atoms. The lowest BCUT2D eigenvalue weighted by molar-refractivity contribution is 0.227. The summed E-state index contributed by atoms with van der Waals surface area (Å²) >= 11 is 0. The number of benzene rings is 2. The van der Waals surface area contributed by atoms with E-state index in [-0.39, 0.29) is 12.1 Å². The number of nitrogens with one attached hydrogen (secondary N) is 2. The average molecular weight is 367 g/mol. The van der Waals surface area contributed by atoms with Gasteiger partial charge in [-0.25, -0.2) is 4.79 Å². The number of nitrogens with zero attached hydrogens (tertiary/aromatic N) is 2. The molecule has 1 fully saturated rings. The third-order valence-electron chi connectivity index (χ3n) is 5.11. The summed E-state index contributed by atoms with van der Waals surface area (Å²) in [5.41, 5.74) is 4.38. The van der Waals surface area contributed by atoms with Crippen LogP contribution < -0.4 is 15.5 Å². The Labute approximate surface area is 162 Å². The van der Waals surface area contributed by atoms with Gasteiger partial charge in [-0.3, -0.25) is 4.90 Å². The molecule has 2 amide bonds. The van der Waals surface area contributed by atoms with Gasteiger partial charge in [0.15, 0.2) is 0 Å². The lowest BCUT2D eigenvalue weighted by Crippen LogP contribution is -2.38. The van der Waals surface area contributed by atoms with E-state index in [2.05, 4.69) is 44.7 Å². The number of aryl methyl sites for hydroxylation is 1. The van der Waals surface area contributed by atoms with Gasteiger partial charge in [-0.1, -0.05) is 24.3 Å². The molecular formula is C22H30N4O. The number of likely N-dealkylation sites (tertiary alicyclic amines) is 1. The summed E-state index contributed by atoms with van der Waals surface area (Å²) in [4.78, 5) is 16.9. The minimum Gasteiger partial charge on any atom is -0.378 e. The van der Waals surface area contributed by atoms with E-state index in [9.17, 15) is 4.79 Å². The predicted molar refractivity (Wildman–Crippen MR) is 113 cm³/mol. The monoisotopic (exact) mass is 366 g/mol. The number of hydrogen-bond acceptors (Lipinski definition) is 3. The van der Waals surface area contributed by atoms with Crippen LogP contribution >= 0.6 is 0 Å². The zero-order chi connectivity index (χ0) is 19.2. The number of urea groups is 1. The van der Waals surface area contributed by atoms with E-state index >= 15 is 0 Å². The first kappa shape index (κ1) is 19.2. The molecule has 0 radical (unpaired) electrons. The van der Waals surface area contributed by atoms with Crippen molar-refractivity contribution in [3.63, 3.8) is 0 Å². The first-order valence-electron chi connectivity index (χ1n) is 9.66. The van der Waals surface area contributed by atoms with Crippen LogP contribution in [0.5, 0.6) is 0 Å². The summed E-state index contributed by atoms with van der Waals surface area (Å²) in [5, 5.41) is 5.99. The zero-order valence-electron chi connectivity index (χ0n) is 16.5. The Balaban J connectivity index is 1.65. The Morgan fingerprint density at radius 3 is 2.44 bits per heavy atom. The second-order valence-electron chi connectivity index (χ2n) is 7.45.